The first-order chi connectivity index (χ1) is 15.2. The minimum Gasteiger partial charge on any atom is -0.467 e. The van der Waals surface area contributed by atoms with Crippen molar-refractivity contribution in [2.24, 2.45) is 0 Å². The minimum absolute atomic E-state index is 0.00253. The highest BCUT2D eigenvalue weighted by Crippen LogP contribution is 2.39. The van der Waals surface area contributed by atoms with E-state index in [9.17, 15) is 9.59 Å². The summed E-state index contributed by atoms with van der Waals surface area (Å²) >= 11 is 0. The van der Waals surface area contributed by atoms with Gasteiger partial charge in [-0.15, -0.1) is 0 Å². The molecule has 0 bridgehead atoms. The Bertz CT molecular complexity index is 1370. The lowest BCUT2D eigenvalue weighted by Gasteiger charge is -2.25. The number of rotatable bonds is 3. The second-order valence-corrected chi connectivity index (χ2v) is 9.46. The van der Waals surface area contributed by atoms with Gasteiger partial charge in [-0.25, -0.2) is 0 Å². The molecule has 1 aliphatic heterocycles. The lowest BCUT2D eigenvalue weighted by atomic mass is 9.86. The first kappa shape index (κ1) is 20.3. The molecule has 32 heavy (non-hydrogen) atoms. The Morgan fingerprint density at radius 3 is 2.41 bits per heavy atom. The van der Waals surface area contributed by atoms with Crippen LogP contribution in [0.15, 0.2) is 74.5 Å². The normalized spacial score (nSPS) is 16.1. The van der Waals surface area contributed by atoms with Crippen LogP contribution in [0, 0.1) is 6.92 Å². The van der Waals surface area contributed by atoms with E-state index in [1.54, 1.807) is 23.3 Å². The highest BCUT2D eigenvalue weighted by Gasteiger charge is 2.43. The number of benzene rings is 2. The van der Waals surface area contributed by atoms with Crippen molar-refractivity contribution in [2.45, 2.75) is 45.7 Å². The Morgan fingerprint density at radius 2 is 1.75 bits per heavy atom. The highest BCUT2D eigenvalue weighted by atomic mass is 16.3. The monoisotopic (exact) mass is 427 g/mol. The fraction of sp³-hybridized carbons (Fsp3) is 0.259. The van der Waals surface area contributed by atoms with Crippen molar-refractivity contribution in [1.82, 2.24) is 4.90 Å². The number of furan rings is 1. The SMILES string of the molecule is Cc1ccc2oc3c(c(=O)c2c1)[C@H](c1ccc(C(C)(C)C)cc1)N(Cc1ccco1)C3=O. The lowest BCUT2D eigenvalue weighted by molar-refractivity contribution is 0.0701. The Kier molecular flexibility index (Phi) is 4.59. The Morgan fingerprint density at radius 1 is 1.00 bits per heavy atom. The molecule has 0 aliphatic carbocycles. The molecular formula is C27H25NO4. The summed E-state index contributed by atoms with van der Waals surface area (Å²) in [6.45, 7) is 8.65. The number of amides is 1. The first-order valence-electron chi connectivity index (χ1n) is 10.8. The lowest BCUT2D eigenvalue weighted by Crippen LogP contribution is -2.29. The summed E-state index contributed by atoms with van der Waals surface area (Å²) in [4.78, 5) is 28.7. The molecule has 1 amide bonds. The van der Waals surface area contributed by atoms with Gasteiger partial charge in [0.25, 0.3) is 5.91 Å². The molecule has 5 nitrogen and oxygen atoms in total. The molecule has 0 fully saturated rings. The minimum atomic E-state index is -0.544. The predicted octanol–water partition coefficient (Wildman–Crippen LogP) is 5.74. The highest BCUT2D eigenvalue weighted by molar-refractivity contribution is 5.99. The van der Waals surface area contributed by atoms with E-state index in [1.165, 1.54) is 5.56 Å². The number of hydrogen-bond donors (Lipinski definition) is 0. The zero-order valence-corrected chi connectivity index (χ0v) is 18.6. The Hall–Kier alpha value is -3.60. The molecular weight excluding hydrogens is 402 g/mol. The summed E-state index contributed by atoms with van der Waals surface area (Å²) in [6, 6.07) is 16.7. The molecule has 162 valence electrons. The molecule has 0 unspecified atom stereocenters. The summed E-state index contributed by atoms with van der Waals surface area (Å²) in [6.07, 6.45) is 1.58. The van der Waals surface area contributed by atoms with Crippen LogP contribution in [-0.4, -0.2) is 10.8 Å². The van der Waals surface area contributed by atoms with Crippen LogP contribution in [-0.2, 0) is 12.0 Å². The summed E-state index contributed by atoms with van der Waals surface area (Å²) in [5.41, 5.74) is 3.68. The number of nitrogens with zero attached hydrogens (tertiary/aromatic N) is 1. The van der Waals surface area contributed by atoms with Crippen LogP contribution in [0.1, 0.15) is 65.4 Å². The number of fused-ring (bicyclic) bond motifs is 2. The van der Waals surface area contributed by atoms with Crippen molar-refractivity contribution in [3.05, 3.63) is 105 Å². The zero-order valence-electron chi connectivity index (χ0n) is 18.6. The molecule has 0 saturated carbocycles. The predicted molar refractivity (Wildman–Crippen MR) is 123 cm³/mol. The fourth-order valence-electron chi connectivity index (χ4n) is 4.38. The Balaban J connectivity index is 1.71. The van der Waals surface area contributed by atoms with Crippen molar-refractivity contribution in [1.29, 1.82) is 0 Å². The molecule has 1 atom stereocenters. The quantitative estimate of drug-likeness (QED) is 0.418. The maximum Gasteiger partial charge on any atom is 0.291 e. The maximum atomic E-state index is 13.6. The van der Waals surface area contributed by atoms with Crippen LogP contribution in [0.5, 0.6) is 0 Å². The Labute approximate surface area is 186 Å². The second-order valence-electron chi connectivity index (χ2n) is 9.46. The molecule has 3 heterocycles. The van der Waals surface area contributed by atoms with E-state index >= 15 is 0 Å². The van der Waals surface area contributed by atoms with Crippen LogP contribution >= 0.6 is 0 Å². The molecule has 0 spiro atoms. The van der Waals surface area contributed by atoms with E-state index < -0.39 is 6.04 Å². The molecule has 2 aromatic carbocycles. The smallest absolute Gasteiger partial charge is 0.291 e. The standard InChI is InChI=1S/C27H25NO4/c1-16-7-12-21-20(14-16)24(29)22-23(17-8-10-18(11-9-17)27(2,3)4)28(26(30)25(22)32-21)15-19-6-5-13-31-19/h5-14,23H,15H2,1-4H3/t23-/m0/s1. The van der Waals surface area contributed by atoms with Gasteiger partial charge in [0, 0.05) is 0 Å². The van der Waals surface area contributed by atoms with E-state index in [0.29, 0.717) is 22.3 Å². The number of carbonyl (C=O) groups excluding carboxylic acids is 1. The molecule has 2 aromatic heterocycles. The van der Waals surface area contributed by atoms with E-state index in [0.717, 1.165) is 11.1 Å². The molecule has 4 aromatic rings. The van der Waals surface area contributed by atoms with Crippen molar-refractivity contribution >= 4 is 16.9 Å². The van der Waals surface area contributed by atoms with Crippen molar-refractivity contribution in [3.63, 3.8) is 0 Å². The molecule has 5 heteroatoms. The molecule has 0 saturated heterocycles. The van der Waals surface area contributed by atoms with Crippen molar-refractivity contribution < 1.29 is 13.6 Å². The molecule has 1 aliphatic rings. The number of hydrogen-bond acceptors (Lipinski definition) is 4. The van der Waals surface area contributed by atoms with Crippen LogP contribution in [0.25, 0.3) is 11.0 Å². The van der Waals surface area contributed by atoms with Crippen LogP contribution < -0.4 is 5.43 Å². The van der Waals surface area contributed by atoms with Gasteiger partial charge in [0.05, 0.1) is 29.8 Å². The van der Waals surface area contributed by atoms with Crippen molar-refractivity contribution in [2.75, 3.05) is 0 Å². The average molecular weight is 428 g/mol. The summed E-state index contributed by atoms with van der Waals surface area (Å²) in [7, 11) is 0. The van der Waals surface area contributed by atoms with Crippen LogP contribution in [0.3, 0.4) is 0 Å². The second kappa shape index (κ2) is 7.23. The fourth-order valence-corrected chi connectivity index (χ4v) is 4.38. The van der Waals surface area contributed by atoms with Gasteiger partial charge in [-0.1, -0.05) is 56.7 Å². The van der Waals surface area contributed by atoms with E-state index in [1.807, 2.05) is 37.3 Å². The summed E-state index contributed by atoms with van der Waals surface area (Å²) < 4.78 is 11.5. The molecule has 0 N–H and O–H groups in total. The maximum absolute atomic E-state index is 13.6. The average Bonchev–Trinajstić information content (AvgIpc) is 3.36. The van der Waals surface area contributed by atoms with Gasteiger partial charge in [0.15, 0.2) is 5.43 Å². The third-order valence-corrected chi connectivity index (χ3v) is 6.12. The van der Waals surface area contributed by atoms with Gasteiger partial charge in [0.2, 0.25) is 5.76 Å². The van der Waals surface area contributed by atoms with Gasteiger partial charge >= 0.3 is 0 Å². The number of carbonyl (C=O) groups is 1. The van der Waals surface area contributed by atoms with Gasteiger partial charge in [-0.05, 0) is 47.7 Å². The van der Waals surface area contributed by atoms with E-state index in [2.05, 4.69) is 32.9 Å². The van der Waals surface area contributed by atoms with Crippen LogP contribution in [0.2, 0.25) is 0 Å². The van der Waals surface area contributed by atoms with Gasteiger partial charge in [-0.2, -0.15) is 0 Å². The van der Waals surface area contributed by atoms with Crippen LogP contribution in [0.4, 0.5) is 0 Å². The topological polar surface area (TPSA) is 63.7 Å². The van der Waals surface area contributed by atoms with E-state index in [-0.39, 0.29) is 29.1 Å². The largest absolute Gasteiger partial charge is 0.467 e. The number of aryl methyl sites for hydroxylation is 1. The van der Waals surface area contributed by atoms with Gasteiger partial charge in [-0.3, -0.25) is 9.59 Å². The van der Waals surface area contributed by atoms with Crippen molar-refractivity contribution in [3.8, 4) is 0 Å². The molecule has 5 rings (SSSR count). The van der Waals surface area contributed by atoms with Gasteiger partial charge in [0.1, 0.15) is 11.3 Å². The first-order valence-corrected chi connectivity index (χ1v) is 10.8. The van der Waals surface area contributed by atoms with Gasteiger partial charge < -0.3 is 13.7 Å². The summed E-state index contributed by atoms with van der Waals surface area (Å²) in [5, 5.41) is 0.493. The van der Waals surface area contributed by atoms with E-state index in [4.69, 9.17) is 8.83 Å². The third-order valence-electron chi connectivity index (χ3n) is 6.12. The third kappa shape index (κ3) is 3.25. The molecule has 0 radical (unpaired) electrons. The zero-order chi connectivity index (χ0) is 22.6. The summed E-state index contributed by atoms with van der Waals surface area (Å²) in [5.74, 6) is 0.457.